The van der Waals surface area contributed by atoms with Crippen molar-refractivity contribution in [3.63, 3.8) is 0 Å². The number of ether oxygens (including phenoxy) is 12. The minimum Gasteiger partial charge on any atom is -0.479 e. The lowest BCUT2D eigenvalue weighted by molar-refractivity contribution is -0.343. The Kier molecular flexibility index (Phi) is 32.2. The number of carboxylic acid groups (broad SMARTS) is 2. The zero-order valence-corrected chi connectivity index (χ0v) is 62.2. The Morgan fingerprint density at radius 2 is 0.964 bits per heavy atom. The Hall–Kier alpha value is -6.30. The van der Waals surface area contributed by atoms with E-state index in [0.29, 0.717) is 32.1 Å². The number of carbonyl (C=O) groups is 6. The highest BCUT2D eigenvalue weighted by atomic mass is 16.7. The number of aliphatic carboxylic acids is 2. The number of nitrogens with one attached hydrogen (secondary N) is 6. The number of aromatic nitrogens is 4. The van der Waals surface area contributed by atoms with Gasteiger partial charge in [0.15, 0.2) is 48.9 Å². The maximum absolute atomic E-state index is 14.4. The van der Waals surface area contributed by atoms with Crippen LogP contribution in [-0.4, -0.2) is 315 Å². The number of aliphatic hydroxyl groups is 10. The number of hydrogen-bond acceptors (Lipinski definition) is 32. The quantitative estimate of drug-likeness (QED) is 0.0230. The lowest BCUT2D eigenvalue weighted by atomic mass is 9.80. The number of Topliss-reactive ketones (excluding diaryl/α,β-unsaturated/α-hetero) is 2. The van der Waals surface area contributed by atoms with Crippen molar-refractivity contribution in [3.8, 4) is 0 Å². The molecular formula is C72H108N6O34. The van der Waals surface area contributed by atoms with E-state index in [1.807, 2.05) is 9.97 Å². The van der Waals surface area contributed by atoms with E-state index in [-0.39, 0.29) is 62.5 Å². The Bertz CT molecular complexity index is 3380. The number of ketones is 2. The predicted molar refractivity (Wildman–Crippen MR) is 376 cm³/mol. The number of H-pyrrole nitrogens is 4. The molecule has 40 heteroatoms. The first-order chi connectivity index (χ1) is 53.5. The molecule has 4 aliphatic heterocycles. The van der Waals surface area contributed by atoms with Crippen LogP contribution in [0.15, 0.2) is 31.3 Å². The highest BCUT2D eigenvalue weighted by Crippen LogP contribution is 2.42. The highest BCUT2D eigenvalue weighted by molar-refractivity contribution is 5.94. The van der Waals surface area contributed by atoms with Gasteiger partial charge in [-0.15, -0.1) is 0 Å². The molecule has 10 rings (SSSR count). The molecule has 2 aromatic heterocycles. The lowest BCUT2D eigenvalue weighted by Gasteiger charge is -2.48. The number of aliphatic hydroxyl groups excluding tert-OH is 10. The van der Waals surface area contributed by atoms with Crippen LogP contribution in [0.1, 0.15) is 163 Å². The van der Waals surface area contributed by atoms with Gasteiger partial charge in [0.2, 0.25) is 5.91 Å². The molecule has 6 heterocycles. The first-order valence-corrected chi connectivity index (χ1v) is 38.6. The van der Waals surface area contributed by atoms with Crippen LogP contribution in [0.2, 0.25) is 0 Å². The second kappa shape index (κ2) is 41.0. The SMILES string of the molecule is C[C@@H]1O[C@@H](O[C@@H]2[C@@H](CC(=O)c3cc(=O)[nH]c(=O)[nH]3)CCC[C@H]2O[C@@H]2O[C@H](CO)[C@H](O)[C@H](O[C@@H](CC3CCCCC3)C(=O)O)[C@H]2CC(=O)COCCOCC(=O)N[C@H]2[C@H](O[C@@H]3CCC[C@H](NC(=O)c4cc(=O)[nH]c(=O)[nH]4)[C@H]3O[C@@H]3O[C@@H](C)[C@@H](O)[C@@H](O)[C@@H]3O)O[C@H](CO)[C@H](O)[C@@H]2O[C@@H](CC2CCCCC2)C(=O)O)[C@@H](O)[C@H](O)[C@@H]1O. The van der Waals surface area contributed by atoms with Gasteiger partial charge in [-0.1, -0.05) is 70.6 Å². The predicted octanol–water partition coefficient (Wildman–Crippen LogP) is -4.14. The fourth-order valence-electron chi connectivity index (χ4n) is 16.5. The van der Waals surface area contributed by atoms with Crippen LogP contribution in [-0.2, 0) is 76.0 Å². The van der Waals surface area contributed by atoms with Crippen molar-refractivity contribution in [2.45, 2.75) is 302 Å². The molecule has 8 fully saturated rings. The van der Waals surface area contributed by atoms with Crippen molar-refractivity contribution in [1.82, 2.24) is 30.6 Å². The van der Waals surface area contributed by atoms with Gasteiger partial charge in [-0.25, -0.2) is 19.2 Å². The largest absolute Gasteiger partial charge is 0.479 e. The monoisotopic (exact) mass is 1600 g/mol. The summed E-state index contributed by atoms with van der Waals surface area (Å²) in [6.07, 6.45) is -30.6. The molecule has 4 saturated heterocycles. The van der Waals surface area contributed by atoms with E-state index in [9.17, 15) is 109 Å². The van der Waals surface area contributed by atoms with Crippen LogP contribution in [0.5, 0.6) is 0 Å². The van der Waals surface area contributed by atoms with E-state index < -0.39 is 287 Å². The zero-order valence-electron chi connectivity index (χ0n) is 62.2. The van der Waals surface area contributed by atoms with Crippen LogP contribution >= 0.6 is 0 Å². The number of rotatable bonds is 35. The molecule has 2 amide bonds. The Morgan fingerprint density at radius 1 is 0.482 bits per heavy atom. The number of carboxylic acids is 2. The first-order valence-electron chi connectivity index (χ1n) is 38.6. The summed E-state index contributed by atoms with van der Waals surface area (Å²) in [5.41, 5.74) is -4.58. The number of carbonyl (C=O) groups excluding carboxylic acids is 4. The fraction of sp³-hybridized carbons (Fsp3) is 0.806. The molecule has 0 unspecified atom stereocenters. The normalized spacial score (nSPS) is 36.2. The Labute approximate surface area is 640 Å². The molecule has 18 N–H and O–H groups in total. The molecule has 112 heavy (non-hydrogen) atoms. The van der Waals surface area contributed by atoms with E-state index in [4.69, 9.17) is 56.8 Å². The molecule has 630 valence electrons. The van der Waals surface area contributed by atoms with E-state index in [0.717, 1.165) is 50.7 Å². The van der Waals surface area contributed by atoms with E-state index >= 15 is 0 Å². The van der Waals surface area contributed by atoms with Gasteiger partial charge in [-0.05, 0) is 76.5 Å². The summed E-state index contributed by atoms with van der Waals surface area (Å²) in [6, 6.07) is -1.14. The molecule has 0 bridgehead atoms. The molecule has 0 radical (unpaired) electrons. The van der Waals surface area contributed by atoms with Gasteiger partial charge in [0.25, 0.3) is 17.0 Å². The summed E-state index contributed by atoms with van der Waals surface area (Å²) in [4.78, 5) is 140. The molecule has 0 aromatic carbocycles. The smallest absolute Gasteiger partial charge is 0.332 e. The average molecular weight is 1600 g/mol. The standard InChI is InChI=1S/C72H108N6O34/c1-31-52(86)56(90)58(92)69(103-31)111-60-35(23-41(82)39-25-48(83)77-71(99)74-39)15-9-17-42(60)107-67-37(61(54(88)46(27-79)109-67)105-44(65(95)96)21-33-11-5-3-6-12-33)24-36(81)29-101-19-20-102-30-50(85)76-51-63(106-45(66(97)98)22-34-13-7-4-8-14-34)55(89)47(28-80)110-68(51)108-43-18-10-16-38(73-64(94)40-26-49(84)78-72(100)75-40)62(43)112-70-59(93)57(91)53(87)32(2)104-70/h25-26,31-35,37-38,42-47,51-63,67-70,79-80,86-93H,3-24,27-30H2,1-2H3,(H,73,94)(H,76,85)(H,95,96)(H,97,98)(H2,74,77,83,99)(H2,75,78,84,100)/t31-,32-,35+,37+,38-,42+,43+,44-,45-,46+,47+,51+,52+,53+,54-,55-,56+,57+,58-,59-,60+,61+,62+,63+,67+,68+,69-,70-/m0/s1. The number of aromatic amines is 4. The van der Waals surface area contributed by atoms with Gasteiger partial charge < -0.3 is 139 Å². The van der Waals surface area contributed by atoms with Crippen LogP contribution in [0, 0.1) is 23.7 Å². The molecule has 4 aliphatic carbocycles. The van der Waals surface area contributed by atoms with Gasteiger partial charge in [-0.2, -0.15) is 0 Å². The summed E-state index contributed by atoms with van der Waals surface area (Å²) in [5, 5.41) is 137. The van der Waals surface area contributed by atoms with Crippen molar-refractivity contribution >= 4 is 35.3 Å². The molecular weight excluding hydrogens is 1490 g/mol. The molecule has 4 saturated carbocycles. The van der Waals surface area contributed by atoms with Crippen molar-refractivity contribution in [2.75, 3.05) is 39.6 Å². The first kappa shape index (κ1) is 88.1. The summed E-state index contributed by atoms with van der Waals surface area (Å²) >= 11 is 0. The van der Waals surface area contributed by atoms with Crippen molar-refractivity contribution in [2.24, 2.45) is 23.7 Å². The van der Waals surface area contributed by atoms with Crippen LogP contribution in [0.4, 0.5) is 0 Å². The molecule has 2 aromatic rings. The summed E-state index contributed by atoms with van der Waals surface area (Å²) < 4.78 is 74.4. The molecule has 28 atom stereocenters. The maximum Gasteiger partial charge on any atom is 0.332 e. The van der Waals surface area contributed by atoms with Crippen molar-refractivity contribution < 1.29 is 147 Å². The van der Waals surface area contributed by atoms with Crippen LogP contribution in [0.25, 0.3) is 0 Å². The van der Waals surface area contributed by atoms with Gasteiger partial charge >= 0.3 is 23.3 Å². The van der Waals surface area contributed by atoms with Gasteiger partial charge in [0, 0.05) is 30.9 Å². The third kappa shape index (κ3) is 22.9. The van der Waals surface area contributed by atoms with Crippen LogP contribution < -0.4 is 33.1 Å². The third-order valence-corrected chi connectivity index (χ3v) is 22.5. The lowest BCUT2D eigenvalue weighted by Crippen LogP contribution is -2.68. The van der Waals surface area contributed by atoms with Crippen molar-refractivity contribution in [3.05, 3.63) is 65.2 Å². The fourth-order valence-corrected chi connectivity index (χ4v) is 16.5. The molecule has 8 aliphatic rings. The number of amides is 2. The topological polar surface area (TPSA) is 611 Å². The molecule has 40 nitrogen and oxygen atoms in total. The van der Waals surface area contributed by atoms with E-state index in [1.54, 1.807) is 0 Å². The second-order valence-corrected chi connectivity index (χ2v) is 30.6. The molecule has 0 spiro atoms. The summed E-state index contributed by atoms with van der Waals surface area (Å²) in [6.45, 7) is -1.37. The highest BCUT2D eigenvalue weighted by Gasteiger charge is 2.55. The zero-order chi connectivity index (χ0) is 80.8. The summed E-state index contributed by atoms with van der Waals surface area (Å²) in [5.74, 6) is -8.72. The van der Waals surface area contributed by atoms with Gasteiger partial charge in [0.05, 0.1) is 74.8 Å². The second-order valence-electron chi connectivity index (χ2n) is 30.6. The average Bonchev–Trinajstić information content (AvgIpc) is 0.777. The number of hydrogen-bond donors (Lipinski definition) is 18. The van der Waals surface area contributed by atoms with Crippen molar-refractivity contribution in [1.29, 1.82) is 0 Å². The van der Waals surface area contributed by atoms with E-state index in [1.165, 1.54) is 13.8 Å². The minimum absolute atomic E-state index is 0.0107. The summed E-state index contributed by atoms with van der Waals surface area (Å²) in [7, 11) is 0. The minimum atomic E-state index is -1.91. The third-order valence-electron chi connectivity index (χ3n) is 22.5. The van der Waals surface area contributed by atoms with Crippen LogP contribution in [0.3, 0.4) is 0 Å². The Morgan fingerprint density at radius 3 is 1.51 bits per heavy atom. The van der Waals surface area contributed by atoms with Gasteiger partial charge in [0.1, 0.15) is 98.2 Å². The maximum atomic E-state index is 14.4. The van der Waals surface area contributed by atoms with E-state index in [2.05, 4.69) is 20.6 Å². The van der Waals surface area contributed by atoms with Gasteiger partial charge in [-0.3, -0.25) is 38.7 Å². The Balaban J connectivity index is 0.864.